The fourth-order valence-corrected chi connectivity index (χ4v) is 3.64. The van der Waals surface area contributed by atoms with Gasteiger partial charge in [0, 0.05) is 19.2 Å². The monoisotopic (exact) mass is 374 g/mol. The molecular weight excluding hydrogens is 355 g/mol. The third-order valence-corrected chi connectivity index (χ3v) is 4.82. The van der Waals surface area contributed by atoms with Crippen LogP contribution in [0, 0.1) is 5.82 Å². The van der Waals surface area contributed by atoms with Crippen molar-refractivity contribution in [2.24, 2.45) is 4.99 Å². The Bertz CT molecular complexity index is 977. The van der Waals surface area contributed by atoms with E-state index in [2.05, 4.69) is 4.99 Å². The van der Waals surface area contributed by atoms with E-state index in [0.29, 0.717) is 41.4 Å². The van der Waals surface area contributed by atoms with Crippen LogP contribution in [0.15, 0.2) is 47.5 Å². The Morgan fingerprint density at radius 3 is 2.69 bits per heavy atom. The van der Waals surface area contributed by atoms with Crippen LogP contribution in [0.3, 0.4) is 0 Å². The van der Waals surface area contributed by atoms with Crippen molar-refractivity contribution in [2.75, 3.05) is 20.3 Å². The van der Waals surface area contributed by atoms with Crippen molar-refractivity contribution in [2.45, 2.75) is 13.5 Å². The summed E-state index contributed by atoms with van der Waals surface area (Å²) in [5.74, 6) is -0.0286. The number of halogens is 1. The first-order valence-electron chi connectivity index (χ1n) is 8.22. The minimum atomic E-state index is -0.383. The standard InChI is InChI=1S/C19H19FN2O3S/c1-3-25-14-9-7-13(8-10-14)18(23)21-19-22(11-12-24-2)17-15(20)5-4-6-16(17)26-19/h4-10H,3,11-12H2,1-2H3. The molecule has 136 valence electrons. The smallest absolute Gasteiger partial charge is 0.279 e. The molecule has 0 spiro atoms. The van der Waals surface area contributed by atoms with E-state index < -0.39 is 0 Å². The molecule has 0 saturated heterocycles. The van der Waals surface area contributed by atoms with Gasteiger partial charge in [-0.25, -0.2) is 4.39 Å². The van der Waals surface area contributed by atoms with Crippen LogP contribution in [0.4, 0.5) is 4.39 Å². The number of thiazole rings is 1. The highest BCUT2D eigenvalue weighted by atomic mass is 32.1. The number of hydrogen-bond donors (Lipinski definition) is 0. The number of carbonyl (C=O) groups excluding carboxylic acids is 1. The van der Waals surface area contributed by atoms with E-state index in [1.54, 1.807) is 42.0 Å². The highest BCUT2D eigenvalue weighted by Crippen LogP contribution is 2.20. The first-order valence-corrected chi connectivity index (χ1v) is 9.04. The number of hydrogen-bond acceptors (Lipinski definition) is 4. The molecular formula is C19H19FN2O3S. The average molecular weight is 374 g/mol. The minimum absolute atomic E-state index is 0.343. The molecule has 0 N–H and O–H groups in total. The molecule has 1 amide bonds. The maximum Gasteiger partial charge on any atom is 0.279 e. The summed E-state index contributed by atoms with van der Waals surface area (Å²) >= 11 is 1.28. The number of ether oxygens (including phenoxy) is 2. The Hall–Kier alpha value is -2.51. The molecule has 0 aliphatic rings. The Morgan fingerprint density at radius 2 is 2.00 bits per heavy atom. The molecule has 1 aromatic heterocycles. The number of benzene rings is 2. The van der Waals surface area contributed by atoms with Gasteiger partial charge >= 0.3 is 0 Å². The van der Waals surface area contributed by atoms with Gasteiger partial charge in [0.05, 0.1) is 23.4 Å². The molecule has 0 atom stereocenters. The number of para-hydroxylation sites is 1. The van der Waals surface area contributed by atoms with Crippen LogP contribution in [0.2, 0.25) is 0 Å². The van der Waals surface area contributed by atoms with E-state index in [9.17, 15) is 9.18 Å². The number of nitrogens with zero attached hydrogens (tertiary/aromatic N) is 2. The van der Waals surface area contributed by atoms with Gasteiger partial charge < -0.3 is 14.0 Å². The predicted molar refractivity (Wildman–Crippen MR) is 99.2 cm³/mol. The Kier molecular flexibility index (Phi) is 5.80. The van der Waals surface area contributed by atoms with E-state index in [0.717, 1.165) is 4.70 Å². The minimum Gasteiger partial charge on any atom is -0.494 e. The molecule has 0 unspecified atom stereocenters. The van der Waals surface area contributed by atoms with Crippen molar-refractivity contribution < 1.29 is 18.7 Å². The second-order valence-corrected chi connectivity index (χ2v) is 6.50. The summed E-state index contributed by atoms with van der Waals surface area (Å²) in [6.07, 6.45) is 0. The lowest BCUT2D eigenvalue weighted by Crippen LogP contribution is -2.19. The van der Waals surface area contributed by atoms with Gasteiger partial charge in [0.2, 0.25) is 0 Å². The van der Waals surface area contributed by atoms with Gasteiger partial charge in [0.1, 0.15) is 11.6 Å². The maximum absolute atomic E-state index is 14.3. The van der Waals surface area contributed by atoms with Crippen LogP contribution in [0.1, 0.15) is 17.3 Å². The van der Waals surface area contributed by atoms with Gasteiger partial charge in [0.15, 0.2) is 4.80 Å². The van der Waals surface area contributed by atoms with Gasteiger partial charge in [-0.3, -0.25) is 4.79 Å². The Balaban J connectivity index is 2.02. The molecule has 0 bridgehead atoms. The van der Waals surface area contributed by atoms with Crippen LogP contribution >= 0.6 is 11.3 Å². The quantitative estimate of drug-likeness (QED) is 0.662. The average Bonchev–Trinajstić information content (AvgIpc) is 2.99. The zero-order valence-corrected chi connectivity index (χ0v) is 15.4. The van der Waals surface area contributed by atoms with Gasteiger partial charge in [0.25, 0.3) is 5.91 Å². The Labute approximate surface area is 154 Å². The van der Waals surface area contributed by atoms with Crippen molar-refractivity contribution in [3.8, 4) is 5.75 Å². The molecule has 3 rings (SSSR count). The molecule has 0 aliphatic carbocycles. The summed E-state index contributed by atoms with van der Waals surface area (Å²) in [4.78, 5) is 17.2. The van der Waals surface area contributed by atoms with Crippen molar-refractivity contribution in [1.29, 1.82) is 0 Å². The fourth-order valence-electron chi connectivity index (χ4n) is 2.57. The van der Waals surface area contributed by atoms with Crippen LogP contribution in [-0.2, 0) is 11.3 Å². The van der Waals surface area contributed by atoms with E-state index in [1.165, 1.54) is 17.4 Å². The number of fused-ring (bicyclic) bond motifs is 1. The van der Waals surface area contributed by atoms with Crippen molar-refractivity contribution in [3.05, 3.63) is 58.6 Å². The lowest BCUT2D eigenvalue weighted by molar-refractivity contribution is 0.0997. The molecule has 1 heterocycles. The SMILES string of the molecule is CCOc1ccc(C(=O)N=c2sc3cccc(F)c3n2CCOC)cc1. The number of methoxy groups -OCH3 is 1. The number of amides is 1. The molecule has 3 aromatic rings. The van der Waals surface area contributed by atoms with Crippen molar-refractivity contribution in [1.82, 2.24) is 4.57 Å². The molecule has 2 aromatic carbocycles. The van der Waals surface area contributed by atoms with E-state index in [4.69, 9.17) is 9.47 Å². The summed E-state index contributed by atoms with van der Waals surface area (Å²) < 4.78 is 27.2. The molecule has 0 saturated carbocycles. The van der Waals surface area contributed by atoms with Crippen molar-refractivity contribution in [3.63, 3.8) is 0 Å². The van der Waals surface area contributed by atoms with Crippen LogP contribution in [-0.4, -0.2) is 30.8 Å². The molecule has 0 radical (unpaired) electrons. The third kappa shape index (κ3) is 3.84. The van der Waals surface area contributed by atoms with Gasteiger partial charge in [-0.05, 0) is 43.3 Å². The summed E-state index contributed by atoms with van der Waals surface area (Å²) in [7, 11) is 1.58. The third-order valence-electron chi connectivity index (χ3n) is 3.78. The number of aromatic nitrogens is 1. The fraction of sp³-hybridized carbons (Fsp3) is 0.263. The topological polar surface area (TPSA) is 52.8 Å². The van der Waals surface area contributed by atoms with Crippen LogP contribution < -0.4 is 9.54 Å². The normalized spacial score (nSPS) is 11.9. The number of rotatable bonds is 6. The van der Waals surface area contributed by atoms with E-state index in [1.807, 2.05) is 13.0 Å². The predicted octanol–water partition coefficient (Wildman–Crippen LogP) is 3.63. The van der Waals surface area contributed by atoms with E-state index >= 15 is 0 Å². The maximum atomic E-state index is 14.3. The molecule has 26 heavy (non-hydrogen) atoms. The van der Waals surface area contributed by atoms with Crippen LogP contribution in [0.5, 0.6) is 5.75 Å². The van der Waals surface area contributed by atoms with E-state index in [-0.39, 0.29) is 11.7 Å². The molecule has 5 nitrogen and oxygen atoms in total. The summed E-state index contributed by atoms with van der Waals surface area (Å²) in [6, 6.07) is 11.7. The second kappa shape index (κ2) is 8.25. The van der Waals surface area contributed by atoms with Gasteiger partial charge in [-0.2, -0.15) is 4.99 Å². The first-order chi connectivity index (χ1) is 12.6. The van der Waals surface area contributed by atoms with Crippen LogP contribution in [0.25, 0.3) is 10.2 Å². The first kappa shape index (κ1) is 18.3. The zero-order valence-electron chi connectivity index (χ0n) is 14.6. The second-order valence-electron chi connectivity index (χ2n) is 5.49. The lowest BCUT2D eigenvalue weighted by Gasteiger charge is -2.05. The zero-order chi connectivity index (χ0) is 18.5. The van der Waals surface area contributed by atoms with Gasteiger partial charge in [-0.1, -0.05) is 17.4 Å². The summed E-state index contributed by atoms with van der Waals surface area (Å²) in [5, 5.41) is 0. The summed E-state index contributed by atoms with van der Waals surface area (Å²) in [5.41, 5.74) is 0.887. The molecule has 7 heteroatoms. The van der Waals surface area contributed by atoms with Crippen molar-refractivity contribution >= 4 is 27.5 Å². The highest BCUT2D eigenvalue weighted by molar-refractivity contribution is 7.16. The largest absolute Gasteiger partial charge is 0.494 e. The highest BCUT2D eigenvalue weighted by Gasteiger charge is 2.12. The molecule has 0 fully saturated rings. The lowest BCUT2D eigenvalue weighted by atomic mass is 10.2. The van der Waals surface area contributed by atoms with Gasteiger partial charge in [-0.15, -0.1) is 0 Å². The molecule has 0 aliphatic heterocycles. The summed E-state index contributed by atoms with van der Waals surface area (Å²) in [6.45, 7) is 3.26. The number of carbonyl (C=O) groups is 1. The Morgan fingerprint density at radius 1 is 1.23 bits per heavy atom.